The highest BCUT2D eigenvalue weighted by Gasteiger charge is 2.11. The van der Waals surface area contributed by atoms with Gasteiger partial charge in [-0.2, -0.15) is 0 Å². The van der Waals surface area contributed by atoms with Crippen molar-refractivity contribution < 1.29 is 4.79 Å². The molecule has 0 radical (unpaired) electrons. The number of hydrogen-bond acceptors (Lipinski definition) is 5. The lowest BCUT2D eigenvalue weighted by Crippen LogP contribution is -2.29. The zero-order valence-electron chi connectivity index (χ0n) is 11.3. The van der Waals surface area contributed by atoms with Gasteiger partial charge < -0.3 is 11.1 Å². The number of benzene rings is 1. The van der Waals surface area contributed by atoms with E-state index in [1.165, 1.54) is 0 Å². The zero-order valence-corrected chi connectivity index (χ0v) is 12.9. The Morgan fingerprint density at radius 3 is 2.95 bits per heavy atom. The molecule has 0 aliphatic rings. The number of thiazole rings is 1. The van der Waals surface area contributed by atoms with E-state index in [0.717, 1.165) is 21.3 Å². The maximum atomic E-state index is 12.0. The van der Waals surface area contributed by atoms with Gasteiger partial charge in [-0.3, -0.25) is 4.79 Å². The molecule has 20 heavy (non-hydrogen) atoms. The third kappa shape index (κ3) is 4.06. The number of nitrogens with zero attached hydrogens (tertiary/aromatic N) is 1. The third-order valence-corrected chi connectivity index (χ3v) is 4.53. The van der Waals surface area contributed by atoms with E-state index in [9.17, 15) is 4.79 Å². The van der Waals surface area contributed by atoms with E-state index in [4.69, 9.17) is 5.73 Å². The number of nitrogens with one attached hydrogen (secondary N) is 1. The second-order valence-corrected chi connectivity index (χ2v) is 6.27. The molecule has 0 aliphatic carbocycles. The number of rotatable bonds is 6. The summed E-state index contributed by atoms with van der Waals surface area (Å²) in [5.74, 6) is 0.693. The normalized spacial score (nSPS) is 10.5. The van der Waals surface area contributed by atoms with Crippen LogP contribution in [-0.2, 0) is 5.75 Å². The average molecular weight is 307 g/mol. The summed E-state index contributed by atoms with van der Waals surface area (Å²) in [6.45, 7) is 2.93. The zero-order chi connectivity index (χ0) is 14.4. The smallest absolute Gasteiger partial charge is 0.252 e. The Kier molecular flexibility index (Phi) is 5.58. The SMILES string of the molecule is Cc1nc(CSc2ccccc2C(=O)NCCN)cs1. The Morgan fingerprint density at radius 2 is 2.25 bits per heavy atom. The average Bonchev–Trinajstić information content (AvgIpc) is 2.88. The first-order valence-corrected chi connectivity index (χ1v) is 8.18. The standard InChI is InChI=1S/C14H17N3OS2/c1-10-17-11(8-19-10)9-20-13-5-3-2-4-12(13)14(18)16-7-6-15/h2-5,8H,6-7,9,15H2,1H3,(H,16,18). The molecule has 0 atom stereocenters. The maximum absolute atomic E-state index is 12.0. The van der Waals surface area contributed by atoms with Crippen molar-refractivity contribution >= 4 is 29.0 Å². The predicted molar refractivity (Wildman–Crippen MR) is 84.2 cm³/mol. The maximum Gasteiger partial charge on any atom is 0.252 e. The van der Waals surface area contributed by atoms with Crippen molar-refractivity contribution in [3.8, 4) is 0 Å². The van der Waals surface area contributed by atoms with E-state index in [0.29, 0.717) is 18.7 Å². The lowest BCUT2D eigenvalue weighted by Gasteiger charge is -2.08. The van der Waals surface area contributed by atoms with Crippen LogP contribution >= 0.6 is 23.1 Å². The highest BCUT2D eigenvalue weighted by Crippen LogP contribution is 2.26. The summed E-state index contributed by atoms with van der Waals surface area (Å²) < 4.78 is 0. The highest BCUT2D eigenvalue weighted by atomic mass is 32.2. The summed E-state index contributed by atoms with van der Waals surface area (Å²) in [5, 5.41) is 5.92. The van der Waals surface area contributed by atoms with E-state index >= 15 is 0 Å². The molecule has 106 valence electrons. The van der Waals surface area contributed by atoms with E-state index in [2.05, 4.69) is 15.7 Å². The lowest BCUT2D eigenvalue weighted by molar-refractivity contribution is 0.0952. The number of aryl methyl sites for hydroxylation is 1. The molecule has 3 N–H and O–H groups in total. The van der Waals surface area contributed by atoms with Crippen LogP contribution < -0.4 is 11.1 Å². The van der Waals surface area contributed by atoms with Gasteiger partial charge in [-0.05, 0) is 19.1 Å². The minimum absolute atomic E-state index is 0.0759. The van der Waals surface area contributed by atoms with Crippen molar-refractivity contribution in [2.45, 2.75) is 17.6 Å². The van der Waals surface area contributed by atoms with Crippen molar-refractivity contribution in [3.05, 3.63) is 45.9 Å². The number of aromatic nitrogens is 1. The number of carbonyl (C=O) groups is 1. The van der Waals surface area contributed by atoms with E-state index in [1.54, 1.807) is 23.1 Å². The third-order valence-electron chi connectivity index (χ3n) is 2.60. The van der Waals surface area contributed by atoms with Gasteiger partial charge >= 0.3 is 0 Å². The molecule has 0 fully saturated rings. The van der Waals surface area contributed by atoms with Crippen molar-refractivity contribution in [1.29, 1.82) is 0 Å². The van der Waals surface area contributed by atoms with Gasteiger partial charge in [0.05, 0.1) is 16.3 Å². The molecule has 4 nitrogen and oxygen atoms in total. The fourth-order valence-electron chi connectivity index (χ4n) is 1.69. The quantitative estimate of drug-likeness (QED) is 0.804. The summed E-state index contributed by atoms with van der Waals surface area (Å²) in [6, 6.07) is 7.60. The molecule has 1 amide bonds. The van der Waals surface area contributed by atoms with Crippen molar-refractivity contribution in [2.24, 2.45) is 5.73 Å². The van der Waals surface area contributed by atoms with E-state index < -0.39 is 0 Å². The molecular formula is C14H17N3OS2. The molecule has 0 saturated carbocycles. The predicted octanol–water partition coefficient (Wildman–Crippen LogP) is 2.43. The second-order valence-electron chi connectivity index (χ2n) is 4.19. The molecule has 1 heterocycles. The molecular weight excluding hydrogens is 290 g/mol. The van der Waals surface area contributed by atoms with Gasteiger partial charge in [0.25, 0.3) is 5.91 Å². The molecule has 1 aromatic heterocycles. The number of hydrogen-bond donors (Lipinski definition) is 2. The van der Waals surface area contributed by atoms with Crippen LogP contribution in [0.2, 0.25) is 0 Å². The van der Waals surface area contributed by atoms with E-state index in [-0.39, 0.29) is 5.91 Å². The Labute approximate surface area is 126 Å². The van der Waals surface area contributed by atoms with Gasteiger partial charge in [0.2, 0.25) is 0 Å². The fraction of sp³-hybridized carbons (Fsp3) is 0.286. The molecule has 0 unspecified atom stereocenters. The van der Waals surface area contributed by atoms with Crippen LogP contribution in [0.3, 0.4) is 0 Å². The summed E-state index contributed by atoms with van der Waals surface area (Å²) in [7, 11) is 0. The molecule has 0 bridgehead atoms. The molecule has 2 rings (SSSR count). The molecule has 0 spiro atoms. The van der Waals surface area contributed by atoms with E-state index in [1.807, 2.05) is 31.2 Å². The number of carbonyl (C=O) groups excluding carboxylic acids is 1. The van der Waals surface area contributed by atoms with Crippen LogP contribution in [0.15, 0.2) is 34.5 Å². The van der Waals surface area contributed by atoms with Crippen molar-refractivity contribution in [2.75, 3.05) is 13.1 Å². The van der Waals surface area contributed by atoms with Gasteiger partial charge in [-0.1, -0.05) is 12.1 Å². The van der Waals surface area contributed by atoms with Crippen LogP contribution in [0.25, 0.3) is 0 Å². The molecule has 6 heteroatoms. The van der Waals surface area contributed by atoms with Gasteiger partial charge in [0, 0.05) is 29.1 Å². The first-order chi connectivity index (χ1) is 9.70. The highest BCUT2D eigenvalue weighted by molar-refractivity contribution is 7.98. The Balaban J connectivity index is 2.05. The summed E-state index contributed by atoms with van der Waals surface area (Å²) in [5.41, 5.74) is 7.15. The second kappa shape index (κ2) is 7.42. The fourth-order valence-corrected chi connectivity index (χ4v) is 3.35. The Bertz CT molecular complexity index is 583. The summed E-state index contributed by atoms with van der Waals surface area (Å²) in [6.07, 6.45) is 0. The Morgan fingerprint density at radius 1 is 1.45 bits per heavy atom. The monoisotopic (exact) mass is 307 g/mol. The van der Waals surface area contributed by atoms with Crippen LogP contribution in [0.4, 0.5) is 0 Å². The largest absolute Gasteiger partial charge is 0.351 e. The van der Waals surface area contributed by atoms with Crippen LogP contribution in [0, 0.1) is 6.92 Å². The van der Waals surface area contributed by atoms with Gasteiger partial charge in [-0.25, -0.2) is 4.98 Å². The molecule has 2 aromatic rings. The van der Waals surface area contributed by atoms with Gasteiger partial charge in [0.1, 0.15) is 0 Å². The lowest BCUT2D eigenvalue weighted by atomic mass is 10.2. The van der Waals surface area contributed by atoms with Crippen molar-refractivity contribution in [3.63, 3.8) is 0 Å². The molecule has 0 saturated heterocycles. The van der Waals surface area contributed by atoms with Gasteiger partial charge in [0.15, 0.2) is 0 Å². The molecule has 1 aromatic carbocycles. The minimum atomic E-state index is -0.0759. The number of thioether (sulfide) groups is 1. The first kappa shape index (κ1) is 15.0. The van der Waals surface area contributed by atoms with Crippen LogP contribution in [-0.4, -0.2) is 24.0 Å². The first-order valence-electron chi connectivity index (χ1n) is 6.32. The summed E-state index contributed by atoms with van der Waals surface area (Å²) >= 11 is 3.27. The number of nitrogens with two attached hydrogens (primary N) is 1. The van der Waals surface area contributed by atoms with Crippen LogP contribution in [0.5, 0.6) is 0 Å². The topological polar surface area (TPSA) is 68.0 Å². The number of amides is 1. The minimum Gasteiger partial charge on any atom is -0.351 e. The van der Waals surface area contributed by atoms with Crippen LogP contribution in [0.1, 0.15) is 21.1 Å². The van der Waals surface area contributed by atoms with Gasteiger partial charge in [-0.15, -0.1) is 23.1 Å². The summed E-state index contributed by atoms with van der Waals surface area (Å²) in [4.78, 5) is 17.4. The van der Waals surface area contributed by atoms with Crippen molar-refractivity contribution in [1.82, 2.24) is 10.3 Å². The molecule has 0 aliphatic heterocycles. The Hall–Kier alpha value is -1.37.